The molecule has 0 radical (unpaired) electrons. The molecule has 0 atom stereocenters. The Morgan fingerprint density at radius 2 is 2.05 bits per heavy atom. The van der Waals surface area contributed by atoms with Crippen molar-refractivity contribution in [3.63, 3.8) is 0 Å². The number of carbonyl (C=O) groups is 1. The molecule has 0 saturated heterocycles. The number of thioether (sulfide) groups is 1. The number of H-pyrrole nitrogens is 1. The van der Waals surface area contributed by atoms with E-state index in [1.54, 1.807) is 0 Å². The molecule has 0 aliphatic heterocycles. The lowest BCUT2D eigenvalue weighted by Gasteiger charge is -2.06. The third kappa shape index (κ3) is 2.97. The molecule has 2 rings (SSSR count). The number of rotatable bonds is 4. The van der Waals surface area contributed by atoms with Gasteiger partial charge in [-0.15, -0.1) is 5.10 Å². The fraction of sp³-hybridized carbons (Fsp3) is 0.100. The molecule has 2 aromatic rings. The number of aromatic nitrogens is 3. The summed E-state index contributed by atoms with van der Waals surface area (Å²) in [6, 6.07) is 2.40. The third-order valence-electron chi connectivity index (χ3n) is 2.19. The van der Waals surface area contributed by atoms with Gasteiger partial charge in [0.05, 0.1) is 21.5 Å². The van der Waals surface area contributed by atoms with Crippen LogP contribution in [0, 0.1) is 5.82 Å². The standard InChI is InChI=1S/C10H6Cl2FN3O3S/c11-5-1-4(2-6(12)8(5)13)16-9(19)14-15-10(16)20-3-7(17)18/h1-2H,3H2,(H,14,19)(H,17,18). The molecule has 0 aliphatic carbocycles. The highest BCUT2D eigenvalue weighted by Gasteiger charge is 2.15. The first-order valence-electron chi connectivity index (χ1n) is 5.07. The molecule has 0 fully saturated rings. The van der Waals surface area contributed by atoms with Crippen molar-refractivity contribution >= 4 is 40.9 Å². The fourth-order valence-corrected chi connectivity index (χ4v) is 2.56. The molecule has 106 valence electrons. The van der Waals surface area contributed by atoms with Crippen molar-refractivity contribution < 1.29 is 14.3 Å². The van der Waals surface area contributed by atoms with Crippen LogP contribution in [0.1, 0.15) is 0 Å². The Morgan fingerprint density at radius 1 is 1.45 bits per heavy atom. The number of halogens is 3. The summed E-state index contributed by atoms with van der Waals surface area (Å²) in [6.07, 6.45) is 0. The molecule has 0 spiro atoms. The van der Waals surface area contributed by atoms with Crippen molar-refractivity contribution in [1.29, 1.82) is 0 Å². The Bertz CT molecular complexity index is 708. The number of hydrogen-bond acceptors (Lipinski definition) is 4. The van der Waals surface area contributed by atoms with Crippen LogP contribution in [0.4, 0.5) is 4.39 Å². The van der Waals surface area contributed by atoms with Crippen LogP contribution in [-0.4, -0.2) is 31.6 Å². The van der Waals surface area contributed by atoms with Crippen molar-refractivity contribution in [3.05, 3.63) is 38.5 Å². The van der Waals surface area contributed by atoms with Crippen molar-refractivity contribution in [1.82, 2.24) is 14.8 Å². The summed E-state index contributed by atoms with van der Waals surface area (Å²) in [5.41, 5.74) is -0.426. The van der Waals surface area contributed by atoms with Gasteiger partial charge in [-0.05, 0) is 12.1 Å². The Balaban J connectivity index is 2.50. The molecule has 0 bridgehead atoms. The van der Waals surface area contributed by atoms with E-state index in [-0.39, 0.29) is 26.6 Å². The van der Waals surface area contributed by atoms with Crippen LogP contribution < -0.4 is 5.69 Å². The van der Waals surface area contributed by atoms with Gasteiger partial charge in [-0.2, -0.15) is 0 Å². The van der Waals surface area contributed by atoms with Gasteiger partial charge in [0.25, 0.3) is 0 Å². The summed E-state index contributed by atoms with van der Waals surface area (Å²) in [4.78, 5) is 22.2. The van der Waals surface area contributed by atoms with Crippen molar-refractivity contribution in [2.45, 2.75) is 5.16 Å². The van der Waals surface area contributed by atoms with E-state index < -0.39 is 17.5 Å². The number of nitrogens with one attached hydrogen (secondary N) is 1. The number of carboxylic acids is 1. The molecule has 1 aromatic carbocycles. The minimum absolute atomic E-state index is 0.108. The Kier molecular flexibility index (Phi) is 4.36. The van der Waals surface area contributed by atoms with E-state index in [1.807, 2.05) is 0 Å². The number of aliphatic carboxylic acids is 1. The molecule has 6 nitrogen and oxygen atoms in total. The average Bonchev–Trinajstić information content (AvgIpc) is 2.74. The summed E-state index contributed by atoms with van der Waals surface area (Å²) in [6.45, 7) is 0. The number of hydrogen-bond donors (Lipinski definition) is 2. The van der Waals surface area contributed by atoms with E-state index in [0.29, 0.717) is 0 Å². The highest BCUT2D eigenvalue weighted by molar-refractivity contribution is 7.99. The van der Waals surface area contributed by atoms with Crippen LogP contribution in [0.3, 0.4) is 0 Å². The molecule has 1 aromatic heterocycles. The number of benzene rings is 1. The molecular formula is C10H6Cl2FN3O3S. The third-order valence-corrected chi connectivity index (χ3v) is 3.67. The van der Waals surface area contributed by atoms with Crippen LogP contribution >= 0.6 is 35.0 Å². The van der Waals surface area contributed by atoms with Crippen molar-refractivity contribution in [2.24, 2.45) is 0 Å². The first-order chi connectivity index (χ1) is 9.40. The number of carboxylic acid groups (broad SMARTS) is 1. The largest absolute Gasteiger partial charge is 0.481 e. The first-order valence-corrected chi connectivity index (χ1v) is 6.81. The predicted molar refractivity (Wildman–Crippen MR) is 72.5 cm³/mol. The summed E-state index contributed by atoms with van der Waals surface area (Å²) in [5, 5.41) is 14.1. The van der Waals surface area contributed by atoms with E-state index in [2.05, 4.69) is 10.2 Å². The average molecular weight is 338 g/mol. The van der Waals surface area contributed by atoms with Gasteiger partial charge in [-0.25, -0.2) is 18.9 Å². The normalized spacial score (nSPS) is 10.8. The molecule has 0 unspecified atom stereocenters. The van der Waals surface area contributed by atoms with Gasteiger partial charge >= 0.3 is 11.7 Å². The van der Waals surface area contributed by atoms with Crippen LogP contribution in [0.2, 0.25) is 10.0 Å². The molecule has 20 heavy (non-hydrogen) atoms. The van der Waals surface area contributed by atoms with Crippen molar-refractivity contribution in [3.8, 4) is 5.69 Å². The highest BCUT2D eigenvalue weighted by Crippen LogP contribution is 2.27. The van der Waals surface area contributed by atoms with Crippen LogP contribution in [0.15, 0.2) is 22.1 Å². The molecule has 1 heterocycles. The van der Waals surface area contributed by atoms with Crippen molar-refractivity contribution in [2.75, 3.05) is 5.75 Å². The smallest absolute Gasteiger partial charge is 0.348 e. The van der Waals surface area contributed by atoms with Gasteiger partial charge < -0.3 is 5.11 Å². The van der Waals surface area contributed by atoms with E-state index >= 15 is 0 Å². The lowest BCUT2D eigenvalue weighted by Crippen LogP contribution is -2.16. The predicted octanol–water partition coefficient (Wildman–Crippen LogP) is 2.18. The van der Waals surface area contributed by atoms with E-state index in [0.717, 1.165) is 16.3 Å². The Morgan fingerprint density at radius 3 is 2.60 bits per heavy atom. The first kappa shape index (κ1) is 14.9. The maximum absolute atomic E-state index is 13.3. The zero-order valence-electron chi connectivity index (χ0n) is 9.56. The second-order valence-corrected chi connectivity index (χ2v) is 5.31. The monoisotopic (exact) mass is 337 g/mol. The second kappa shape index (κ2) is 5.86. The molecule has 0 aliphatic rings. The quantitative estimate of drug-likeness (QED) is 0.659. The lowest BCUT2D eigenvalue weighted by molar-refractivity contribution is -0.133. The molecule has 0 amide bonds. The van der Waals surface area contributed by atoms with Gasteiger partial charge in [0, 0.05) is 0 Å². The van der Waals surface area contributed by atoms with Crippen LogP contribution in [0.5, 0.6) is 0 Å². The highest BCUT2D eigenvalue weighted by atomic mass is 35.5. The van der Waals surface area contributed by atoms with E-state index in [4.69, 9.17) is 28.3 Å². The van der Waals surface area contributed by atoms with E-state index in [1.165, 1.54) is 12.1 Å². The van der Waals surface area contributed by atoms with Gasteiger partial charge in [-0.1, -0.05) is 35.0 Å². The zero-order valence-corrected chi connectivity index (χ0v) is 11.9. The molecule has 2 N–H and O–H groups in total. The fourth-order valence-electron chi connectivity index (χ4n) is 1.40. The minimum atomic E-state index is -1.06. The Hall–Kier alpha value is -1.51. The summed E-state index contributed by atoms with van der Waals surface area (Å²) in [7, 11) is 0. The number of nitrogens with zero attached hydrogens (tertiary/aromatic N) is 2. The molecule has 10 heteroatoms. The van der Waals surface area contributed by atoms with E-state index in [9.17, 15) is 14.0 Å². The second-order valence-electron chi connectivity index (χ2n) is 3.55. The van der Waals surface area contributed by atoms with Gasteiger partial charge in [0.2, 0.25) is 0 Å². The lowest BCUT2D eigenvalue weighted by atomic mass is 10.3. The van der Waals surface area contributed by atoms with Gasteiger partial charge in [0.15, 0.2) is 11.0 Å². The van der Waals surface area contributed by atoms with Gasteiger partial charge in [-0.3, -0.25) is 4.79 Å². The molecular weight excluding hydrogens is 332 g/mol. The topological polar surface area (TPSA) is 88.0 Å². The maximum Gasteiger partial charge on any atom is 0.348 e. The van der Waals surface area contributed by atoms with Gasteiger partial charge in [0.1, 0.15) is 0 Å². The van der Waals surface area contributed by atoms with Crippen LogP contribution in [0.25, 0.3) is 5.69 Å². The number of aromatic amines is 1. The SMILES string of the molecule is O=C(O)CSc1n[nH]c(=O)n1-c1cc(Cl)c(F)c(Cl)c1. The molecule has 0 saturated carbocycles. The summed E-state index contributed by atoms with van der Waals surface area (Å²) >= 11 is 12.2. The summed E-state index contributed by atoms with van der Waals surface area (Å²) in [5.74, 6) is -2.15. The minimum Gasteiger partial charge on any atom is -0.481 e. The Labute approximate surface area is 125 Å². The van der Waals surface area contributed by atoms with Crippen LogP contribution in [-0.2, 0) is 4.79 Å². The summed E-state index contributed by atoms with van der Waals surface area (Å²) < 4.78 is 14.4. The zero-order chi connectivity index (χ0) is 14.9. The maximum atomic E-state index is 13.3.